The maximum Gasteiger partial charge on any atom is 0.330 e. The number of H-pyrrole nitrogens is 1. The number of ether oxygens (including phenoxy) is 3. The molecule has 9 heteroatoms. The molecule has 2 fully saturated rings. The van der Waals surface area contributed by atoms with Gasteiger partial charge in [0.05, 0.1) is 12.2 Å². The molecule has 1 aromatic heterocycles. The molecule has 156 valence electrons. The van der Waals surface area contributed by atoms with Crippen LogP contribution in [0.4, 0.5) is 0 Å². The molecule has 0 spiro atoms. The van der Waals surface area contributed by atoms with E-state index in [1.165, 1.54) is 10.8 Å². The van der Waals surface area contributed by atoms with Crippen molar-refractivity contribution in [2.75, 3.05) is 6.61 Å². The van der Waals surface area contributed by atoms with Gasteiger partial charge in [-0.3, -0.25) is 14.3 Å². The Morgan fingerprint density at radius 2 is 1.83 bits per heavy atom. The fourth-order valence-corrected chi connectivity index (χ4v) is 3.84. The molecule has 9 nitrogen and oxygen atoms in total. The highest BCUT2D eigenvalue weighted by Gasteiger charge is 2.56. The van der Waals surface area contributed by atoms with Gasteiger partial charge < -0.3 is 24.4 Å². The van der Waals surface area contributed by atoms with Crippen molar-refractivity contribution >= 4 is 0 Å². The zero-order chi connectivity index (χ0) is 20.9. The molecule has 2 aliphatic heterocycles. The summed E-state index contributed by atoms with van der Waals surface area (Å²) in [6.07, 6.45) is -2.78. The number of rotatable bonds is 4. The molecule has 0 radical (unpaired) electrons. The SMILES string of the molecule is Cc1ccc(C(O)c2cn([C@@H]3O[C@H](CO)[C@H]4OC(C)(C)O[C@H]43)c(=O)[nH]c2=O)cc1. The summed E-state index contributed by atoms with van der Waals surface area (Å²) in [6, 6.07) is 7.08. The van der Waals surface area contributed by atoms with Gasteiger partial charge in [0.25, 0.3) is 5.56 Å². The molecule has 1 unspecified atom stereocenters. The lowest BCUT2D eigenvalue weighted by atomic mass is 10.0. The third-order valence-electron chi connectivity index (χ3n) is 5.26. The monoisotopic (exact) mass is 404 g/mol. The lowest BCUT2D eigenvalue weighted by Gasteiger charge is -2.24. The van der Waals surface area contributed by atoms with Crippen molar-refractivity contribution in [3.05, 3.63) is 68.0 Å². The van der Waals surface area contributed by atoms with Crippen LogP contribution in [0.25, 0.3) is 0 Å². The molecule has 3 N–H and O–H groups in total. The molecule has 2 saturated heterocycles. The standard InChI is InChI=1S/C20H24N2O7/c1-10-4-6-11(7-5-10)14(24)12-8-22(19(26)21-17(12)25)18-16-15(13(9-23)27-18)28-20(2,3)29-16/h4-8,13-16,18,23-24H,9H2,1-3H3,(H,21,25,26)/t13-,14?,15-,16-,18-/m1/s1. The van der Waals surface area contributed by atoms with Crippen LogP contribution in [0.15, 0.2) is 40.1 Å². The van der Waals surface area contributed by atoms with Gasteiger partial charge in [0, 0.05) is 6.20 Å². The number of aromatic nitrogens is 2. The first kappa shape index (κ1) is 20.0. The van der Waals surface area contributed by atoms with Crippen LogP contribution < -0.4 is 11.2 Å². The van der Waals surface area contributed by atoms with Gasteiger partial charge in [0.2, 0.25) is 0 Å². The summed E-state index contributed by atoms with van der Waals surface area (Å²) in [7, 11) is 0. The molecule has 5 atom stereocenters. The van der Waals surface area contributed by atoms with E-state index >= 15 is 0 Å². The first-order valence-corrected chi connectivity index (χ1v) is 9.42. The van der Waals surface area contributed by atoms with Crippen LogP contribution in [-0.2, 0) is 14.2 Å². The highest BCUT2D eigenvalue weighted by atomic mass is 16.8. The molecular weight excluding hydrogens is 380 g/mol. The number of aliphatic hydroxyl groups excluding tert-OH is 2. The first-order valence-electron chi connectivity index (χ1n) is 9.42. The molecule has 1 aromatic carbocycles. The minimum atomic E-state index is -1.23. The zero-order valence-electron chi connectivity index (χ0n) is 16.4. The number of benzene rings is 1. The van der Waals surface area contributed by atoms with Gasteiger partial charge in [-0.1, -0.05) is 29.8 Å². The van der Waals surface area contributed by atoms with Gasteiger partial charge in [-0.25, -0.2) is 4.79 Å². The second-order valence-corrected chi connectivity index (χ2v) is 7.88. The van der Waals surface area contributed by atoms with E-state index in [0.717, 1.165) is 5.56 Å². The van der Waals surface area contributed by atoms with E-state index in [1.807, 2.05) is 19.1 Å². The molecule has 0 bridgehead atoms. The van der Waals surface area contributed by atoms with Crippen molar-refractivity contribution in [2.24, 2.45) is 0 Å². The van der Waals surface area contributed by atoms with Crippen LogP contribution in [0.3, 0.4) is 0 Å². The number of fused-ring (bicyclic) bond motifs is 1. The molecule has 0 saturated carbocycles. The Morgan fingerprint density at radius 1 is 1.17 bits per heavy atom. The molecule has 29 heavy (non-hydrogen) atoms. The van der Waals surface area contributed by atoms with Crippen molar-refractivity contribution in [1.29, 1.82) is 0 Å². The van der Waals surface area contributed by atoms with E-state index in [1.54, 1.807) is 26.0 Å². The maximum absolute atomic E-state index is 12.5. The summed E-state index contributed by atoms with van der Waals surface area (Å²) in [5, 5.41) is 20.3. The van der Waals surface area contributed by atoms with Crippen molar-refractivity contribution in [3.63, 3.8) is 0 Å². The van der Waals surface area contributed by atoms with Gasteiger partial charge in [0.1, 0.15) is 24.4 Å². The predicted molar refractivity (Wildman–Crippen MR) is 101 cm³/mol. The summed E-state index contributed by atoms with van der Waals surface area (Å²) in [6.45, 7) is 5.08. The largest absolute Gasteiger partial charge is 0.394 e. The maximum atomic E-state index is 12.5. The highest BCUT2D eigenvalue weighted by Crippen LogP contribution is 2.42. The van der Waals surface area contributed by atoms with E-state index in [9.17, 15) is 19.8 Å². The van der Waals surface area contributed by atoms with Crippen LogP contribution in [0.2, 0.25) is 0 Å². The topological polar surface area (TPSA) is 123 Å². The predicted octanol–water partition coefficient (Wildman–Crippen LogP) is 0.337. The van der Waals surface area contributed by atoms with Crippen LogP contribution in [0.5, 0.6) is 0 Å². The lowest BCUT2D eigenvalue weighted by molar-refractivity contribution is -0.200. The summed E-state index contributed by atoms with van der Waals surface area (Å²) in [5.41, 5.74) is 0.147. The third-order valence-corrected chi connectivity index (χ3v) is 5.26. The van der Waals surface area contributed by atoms with Crippen LogP contribution >= 0.6 is 0 Å². The Morgan fingerprint density at radius 3 is 2.48 bits per heavy atom. The number of aryl methyl sites for hydroxylation is 1. The smallest absolute Gasteiger partial charge is 0.330 e. The quantitative estimate of drug-likeness (QED) is 0.671. The van der Waals surface area contributed by atoms with Gasteiger partial charge in [-0.2, -0.15) is 0 Å². The van der Waals surface area contributed by atoms with Crippen molar-refractivity contribution in [3.8, 4) is 0 Å². The van der Waals surface area contributed by atoms with Crippen molar-refractivity contribution in [2.45, 2.75) is 57.2 Å². The van der Waals surface area contributed by atoms with Gasteiger partial charge >= 0.3 is 5.69 Å². The fraction of sp³-hybridized carbons (Fsp3) is 0.500. The Bertz CT molecular complexity index is 1010. The van der Waals surface area contributed by atoms with E-state index < -0.39 is 47.7 Å². The number of aliphatic hydroxyl groups is 2. The fourth-order valence-electron chi connectivity index (χ4n) is 3.84. The van der Waals surface area contributed by atoms with E-state index in [4.69, 9.17) is 14.2 Å². The summed E-state index contributed by atoms with van der Waals surface area (Å²) >= 11 is 0. The Balaban J connectivity index is 1.73. The summed E-state index contributed by atoms with van der Waals surface area (Å²) < 4.78 is 18.7. The molecule has 2 aliphatic rings. The number of hydrogen-bond donors (Lipinski definition) is 3. The van der Waals surface area contributed by atoms with E-state index in [-0.39, 0.29) is 12.2 Å². The average Bonchev–Trinajstić information content (AvgIpc) is 3.15. The number of nitrogens with zero attached hydrogens (tertiary/aromatic N) is 1. The van der Waals surface area contributed by atoms with Crippen LogP contribution in [0.1, 0.15) is 42.9 Å². The number of nitrogens with one attached hydrogen (secondary N) is 1. The van der Waals surface area contributed by atoms with Crippen LogP contribution in [-0.4, -0.2) is 50.5 Å². The van der Waals surface area contributed by atoms with Gasteiger partial charge in [-0.05, 0) is 26.3 Å². The third kappa shape index (κ3) is 3.56. The molecule has 2 aromatic rings. The molecule has 4 rings (SSSR count). The lowest BCUT2D eigenvalue weighted by Crippen LogP contribution is -2.39. The van der Waals surface area contributed by atoms with E-state index in [0.29, 0.717) is 5.56 Å². The molecule has 0 amide bonds. The first-order chi connectivity index (χ1) is 13.7. The number of hydrogen-bond acceptors (Lipinski definition) is 7. The highest BCUT2D eigenvalue weighted by molar-refractivity contribution is 5.29. The van der Waals surface area contributed by atoms with Crippen molar-refractivity contribution < 1.29 is 24.4 Å². The van der Waals surface area contributed by atoms with Gasteiger partial charge in [-0.15, -0.1) is 0 Å². The Labute approximate surface area is 166 Å². The minimum absolute atomic E-state index is 0.000716. The average molecular weight is 404 g/mol. The minimum Gasteiger partial charge on any atom is -0.394 e. The zero-order valence-corrected chi connectivity index (χ0v) is 16.4. The normalized spacial score (nSPS) is 29.0. The number of aromatic amines is 1. The molecule has 3 heterocycles. The molecular formula is C20H24N2O7. The van der Waals surface area contributed by atoms with Gasteiger partial charge in [0.15, 0.2) is 12.0 Å². The second kappa shape index (κ2) is 7.19. The van der Waals surface area contributed by atoms with E-state index in [2.05, 4.69) is 4.98 Å². The van der Waals surface area contributed by atoms with Crippen LogP contribution in [0, 0.1) is 6.92 Å². The summed E-state index contributed by atoms with van der Waals surface area (Å²) in [5.74, 6) is -0.902. The Kier molecular flexibility index (Phi) is 4.96. The Hall–Kier alpha value is -2.30. The summed E-state index contributed by atoms with van der Waals surface area (Å²) in [4.78, 5) is 27.1. The molecule has 0 aliphatic carbocycles. The second-order valence-electron chi connectivity index (χ2n) is 7.88. The van der Waals surface area contributed by atoms with Crippen molar-refractivity contribution in [1.82, 2.24) is 9.55 Å².